The number of carbonyl (C=O) groups excluding carboxylic acids is 2. The molecule has 0 atom stereocenters. The highest BCUT2D eigenvalue weighted by Crippen LogP contribution is 2.16. The first-order chi connectivity index (χ1) is 17.0. The van der Waals surface area contributed by atoms with Crippen LogP contribution in [0.2, 0.25) is 0 Å². The van der Waals surface area contributed by atoms with Crippen molar-refractivity contribution in [1.29, 1.82) is 0 Å². The van der Waals surface area contributed by atoms with E-state index in [2.05, 4.69) is 15.8 Å². The zero-order valence-corrected chi connectivity index (χ0v) is 19.6. The molecule has 1 heterocycles. The van der Waals surface area contributed by atoms with Gasteiger partial charge in [0.2, 0.25) is 0 Å². The van der Waals surface area contributed by atoms with Gasteiger partial charge in [-0.3, -0.25) is 9.59 Å². The van der Waals surface area contributed by atoms with Crippen LogP contribution in [0.4, 0.5) is 5.69 Å². The Hall–Kier alpha value is -4.65. The molecule has 2 N–H and O–H groups in total. The summed E-state index contributed by atoms with van der Waals surface area (Å²) in [6.45, 7) is 3.90. The molecule has 4 rings (SSSR count). The van der Waals surface area contributed by atoms with Gasteiger partial charge in [0.05, 0.1) is 17.5 Å². The zero-order chi connectivity index (χ0) is 24.6. The van der Waals surface area contributed by atoms with Crippen molar-refractivity contribution in [2.75, 3.05) is 11.9 Å². The van der Waals surface area contributed by atoms with Gasteiger partial charge in [-0.25, -0.2) is 5.43 Å². The number of amides is 2. The van der Waals surface area contributed by atoms with E-state index in [-0.39, 0.29) is 18.4 Å². The lowest BCUT2D eigenvalue weighted by Gasteiger charge is -2.10. The second-order valence-corrected chi connectivity index (χ2v) is 8.01. The van der Waals surface area contributed by atoms with E-state index in [1.165, 1.54) is 11.8 Å². The van der Waals surface area contributed by atoms with Crippen LogP contribution in [-0.2, 0) is 4.79 Å². The summed E-state index contributed by atoms with van der Waals surface area (Å²) in [5.41, 5.74) is 7.56. The number of hydrogen-bond acceptors (Lipinski definition) is 4. The van der Waals surface area contributed by atoms with Crippen LogP contribution in [0.3, 0.4) is 0 Å². The van der Waals surface area contributed by atoms with Crippen LogP contribution < -0.4 is 15.5 Å². The van der Waals surface area contributed by atoms with E-state index in [0.717, 1.165) is 22.5 Å². The average Bonchev–Trinajstić information content (AvgIpc) is 3.40. The first-order valence-corrected chi connectivity index (χ1v) is 11.2. The van der Waals surface area contributed by atoms with E-state index in [4.69, 9.17) is 4.74 Å². The van der Waals surface area contributed by atoms with Crippen molar-refractivity contribution in [2.45, 2.75) is 13.8 Å². The van der Waals surface area contributed by atoms with Gasteiger partial charge < -0.3 is 14.6 Å². The minimum absolute atomic E-state index is 0.125. The largest absolute Gasteiger partial charge is 0.484 e. The van der Waals surface area contributed by atoms with Gasteiger partial charge in [-0.1, -0.05) is 30.3 Å². The van der Waals surface area contributed by atoms with E-state index in [1.54, 1.807) is 24.3 Å². The Morgan fingerprint density at radius 1 is 0.914 bits per heavy atom. The molecule has 0 aliphatic carbocycles. The van der Waals surface area contributed by atoms with E-state index >= 15 is 0 Å². The summed E-state index contributed by atoms with van der Waals surface area (Å²) in [5, 5.41) is 6.91. The second kappa shape index (κ2) is 11.0. The van der Waals surface area contributed by atoms with Crippen molar-refractivity contribution in [3.8, 4) is 11.4 Å². The summed E-state index contributed by atoms with van der Waals surface area (Å²) in [6.07, 6.45) is 5.28. The zero-order valence-electron chi connectivity index (χ0n) is 19.6. The molecule has 3 aromatic carbocycles. The van der Waals surface area contributed by atoms with Gasteiger partial charge in [0.1, 0.15) is 5.75 Å². The number of hydrogen-bond donors (Lipinski definition) is 2. The first-order valence-electron chi connectivity index (χ1n) is 11.2. The molecular weight excluding hydrogens is 440 g/mol. The first kappa shape index (κ1) is 23.5. The number of aromatic nitrogens is 1. The molecule has 7 heteroatoms. The lowest BCUT2D eigenvalue weighted by molar-refractivity contribution is -0.118. The fraction of sp³-hybridized carbons (Fsp3) is 0.107. The number of nitrogens with zero attached hydrogens (tertiary/aromatic N) is 2. The Morgan fingerprint density at radius 3 is 2.51 bits per heavy atom. The van der Waals surface area contributed by atoms with E-state index in [9.17, 15) is 9.59 Å². The van der Waals surface area contributed by atoms with Gasteiger partial charge in [0, 0.05) is 18.1 Å². The molecule has 0 bridgehead atoms. The summed E-state index contributed by atoms with van der Waals surface area (Å²) in [7, 11) is 0. The number of ether oxygens (including phenoxy) is 1. The Labute approximate surface area is 204 Å². The van der Waals surface area contributed by atoms with E-state index in [1.807, 2.05) is 85.4 Å². The lowest BCUT2D eigenvalue weighted by atomic mass is 10.1. The predicted molar refractivity (Wildman–Crippen MR) is 137 cm³/mol. The van der Waals surface area contributed by atoms with Crippen molar-refractivity contribution in [3.05, 3.63) is 114 Å². The molecular formula is C28H26N4O3. The Kier molecular flexibility index (Phi) is 7.37. The quantitative estimate of drug-likeness (QED) is 0.287. The normalized spacial score (nSPS) is 10.8. The number of anilines is 1. The number of rotatable bonds is 8. The standard InChI is InChI=1S/C28H26N4O3/c1-20-12-13-23(16-21(20)2)30-27(33)19-35-24-9-7-8-22(17-24)18-29-31-28(34)25-10-3-4-11-26(25)32-14-5-6-15-32/h3-18H,19H2,1-2H3,(H,30,33)(H,31,34)/b29-18-. The third-order valence-corrected chi connectivity index (χ3v) is 5.43. The van der Waals surface area contributed by atoms with Crippen LogP contribution in [0.25, 0.3) is 5.69 Å². The van der Waals surface area contributed by atoms with Crippen molar-refractivity contribution >= 4 is 23.7 Å². The molecule has 0 saturated carbocycles. The maximum Gasteiger partial charge on any atom is 0.273 e. The molecule has 0 unspecified atom stereocenters. The molecule has 2 amide bonds. The SMILES string of the molecule is Cc1ccc(NC(=O)COc2cccc(/C=N\NC(=O)c3ccccc3-n3cccc3)c2)cc1C. The van der Waals surface area contributed by atoms with Gasteiger partial charge in [-0.15, -0.1) is 0 Å². The molecule has 0 spiro atoms. The number of para-hydroxylation sites is 1. The van der Waals surface area contributed by atoms with Gasteiger partial charge in [-0.05, 0) is 79.1 Å². The molecule has 35 heavy (non-hydrogen) atoms. The van der Waals surface area contributed by atoms with Gasteiger partial charge in [0.15, 0.2) is 6.61 Å². The van der Waals surface area contributed by atoms with Gasteiger partial charge in [-0.2, -0.15) is 5.10 Å². The molecule has 176 valence electrons. The van der Waals surface area contributed by atoms with Crippen LogP contribution in [0.5, 0.6) is 5.75 Å². The Bertz CT molecular complexity index is 1360. The fourth-order valence-corrected chi connectivity index (χ4v) is 3.46. The highest BCUT2D eigenvalue weighted by atomic mass is 16.5. The molecule has 0 aliphatic heterocycles. The summed E-state index contributed by atoms with van der Waals surface area (Å²) in [5.74, 6) is -0.0459. The number of hydrazone groups is 1. The molecule has 0 fully saturated rings. The van der Waals surface area contributed by atoms with E-state index in [0.29, 0.717) is 11.3 Å². The van der Waals surface area contributed by atoms with Crippen LogP contribution in [0.1, 0.15) is 27.0 Å². The number of nitrogens with one attached hydrogen (secondary N) is 2. The van der Waals surface area contributed by atoms with Crippen LogP contribution in [0.15, 0.2) is 96.4 Å². The number of carbonyl (C=O) groups is 2. The summed E-state index contributed by atoms with van der Waals surface area (Å²) in [4.78, 5) is 24.9. The number of benzene rings is 3. The van der Waals surface area contributed by atoms with Crippen molar-refractivity contribution in [3.63, 3.8) is 0 Å². The minimum atomic E-state index is -0.319. The molecule has 0 saturated heterocycles. The minimum Gasteiger partial charge on any atom is -0.484 e. The van der Waals surface area contributed by atoms with Crippen molar-refractivity contribution in [1.82, 2.24) is 9.99 Å². The van der Waals surface area contributed by atoms with E-state index < -0.39 is 0 Å². The highest BCUT2D eigenvalue weighted by Gasteiger charge is 2.11. The summed E-state index contributed by atoms with van der Waals surface area (Å²) >= 11 is 0. The summed E-state index contributed by atoms with van der Waals surface area (Å²) < 4.78 is 7.50. The highest BCUT2D eigenvalue weighted by molar-refractivity contribution is 5.98. The monoisotopic (exact) mass is 466 g/mol. The van der Waals surface area contributed by atoms with Gasteiger partial charge >= 0.3 is 0 Å². The maximum atomic E-state index is 12.7. The molecule has 0 aliphatic rings. The maximum absolute atomic E-state index is 12.7. The average molecular weight is 467 g/mol. The van der Waals surface area contributed by atoms with Crippen molar-refractivity contribution < 1.29 is 14.3 Å². The second-order valence-electron chi connectivity index (χ2n) is 8.01. The van der Waals surface area contributed by atoms with Crippen molar-refractivity contribution in [2.24, 2.45) is 5.10 Å². The molecule has 7 nitrogen and oxygen atoms in total. The van der Waals surface area contributed by atoms with Gasteiger partial charge in [0.25, 0.3) is 11.8 Å². The number of aryl methyl sites for hydroxylation is 2. The molecule has 0 radical (unpaired) electrons. The smallest absolute Gasteiger partial charge is 0.273 e. The third-order valence-electron chi connectivity index (χ3n) is 5.43. The fourth-order valence-electron chi connectivity index (χ4n) is 3.46. The Balaban J connectivity index is 1.33. The predicted octanol–water partition coefficient (Wildman–Crippen LogP) is 4.88. The summed E-state index contributed by atoms with van der Waals surface area (Å²) in [6, 6.07) is 24.0. The topological polar surface area (TPSA) is 84.7 Å². The van der Waals surface area contributed by atoms with Crippen LogP contribution in [-0.4, -0.2) is 29.2 Å². The molecule has 4 aromatic rings. The van der Waals surface area contributed by atoms with Crippen LogP contribution >= 0.6 is 0 Å². The molecule has 1 aromatic heterocycles. The Morgan fingerprint density at radius 2 is 1.71 bits per heavy atom. The van der Waals surface area contributed by atoms with Crippen LogP contribution in [0, 0.1) is 13.8 Å². The lowest BCUT2D eigenvalue weighted by Crippen LogP contribution is -2.20. The third kappa shape index (κ3) is 6.23.